The zero-order valence-corrected chi connectivity index (χ0v) is 16.7. The second-order valence-corrected chi connectivity index (χ2v) is 6.98. The number of oxazole rings is 1. The Hall–Kier alpha value is -3.38. The van der Waals surface area contributed by atoms with Crippen LogP contribution < -0.4 is 10.1 Å². The molecular weight excluding hydrogens is 390 g/mol. The van der Waals surface area contributed by atoms with Gasteiger partial charge in [-0.25, -0.2) is 4.98 Å². The average Bonchev–Trinajstić information content (AvgIpc) is 3.14. The predicted octanol–water partition coefficient (Wildman–Crippen LogP) is 5.18. The van der Waals surface area contributed by atoms with Gasteiger partial charge in [-0.15, -0.1) is 0 Å². The highest BCUT2D eigenvalue weighted by atomic mass is 35.5. The predicted molar refractivity (Wildman–Crippen MR) is 112 cm³/mol. The van der Waals surface area contributed by atoms with E-state index in [9.17, 15) is 4.79 Å². The minimum atomic E-state index is -0.267. The van der Waals surface area contributed by atoms with Crippen molar-refractivity contribution < 1.29 is 13.9 Å². The van der Waals surface area contributed by atoms with Gasteiger partial charge in [-0.3, -0.25) is 4.79 Å². The largest absolute Gasteiger partial charge is 0.484 e. The zero-order valence-electron chi connectivity index (χ0n) is 15.9. The van der Waals surface area contributed by atoms with E-state index in [1.165, 1.54) is 0 Å². The molecule has 1 amide bonds. The van der Waals surface area contributed by atoms with Crippen molar-refractivity contribution >= 4 is 34.4 Å². The third kappa shape index (κ3) is 4.07. The van der Waals surface area contributed by atoms with Crippen LogP contribution in [0.4, 0.5) is 5.69 Å². The Morgan fingerprint density at radius 2 is 2.03 bits per heavy atom. The summed E-state index contributed by atoms with van der Waals surface area (Å²) in [5.74, 6) is 0.781. The molecule has 29 heavy (non-hydrogen) atoms. The number of carbonyl (C=O) groups is 1. The Morgan fingerprint density at radius 1 is 1.17 bits per heavy atom. The van der Waals surface area contributed by atoms with Gasteiger partial charge < -0.3 is 14.5 Å². The summed E-state index contributed by atoms with van der Waals surface area (Å²) in [5.41, 5.74) is 4.34. The van der Waals surface area contributed by atoms with Crippen LogP contribution in [-0.2, 0) is 4.79 Å². The van der Waals surface area contributed by atoms with Crippen molar-refractivity contribution in [1.29, 1.82) is 0 Å². The van der Waals surface area contributed by atoms with Crippen molar-refractivity contribution in [2.75, 3.05) is 11.9 Å². The number of fused-ring (bicyclic) bond motifs is 1. The molecule has 0 atom stereocenters. The fourth-order valence-electron chi connectivity index (χ4n) is 2.93. The van der Waals surface area contributed by atoms with E-state index in [4.69, 9.17) is 20.8 Å². The van der Waals surface area contributed by atoms with Crippen molar-refractivity contribution in [3.05, 3.63) is 70.9 Å². The van der Waals surface area contributed by atoms with Crippen molar-refractivity contribution in [2.45, 2.75) is 13.8 Å². The number of nitrogens with zero attached hydrogens (tertiary/aromatic N) is 2. The second kappa shape index (κ2) is 7.93. The fourth-order valence-corrected chi connectivity index (χ4v) is 3.05. The summed E-state index contributed by atoms with van der Waals surface area (Å²) in [6, 6.07) is 14.4. The summed E-state index contributed by atoms with van der Waals surface area (Å²) in [6.45, 7) is 3.67. The number of ether oxygens (including phenoxy) is 1. The van der Waals surface area contributed by atoms with Gasteiger partial charge in [0.15, 0.2) is 17.8 Å². The highest BCUT2D eigenvalue weighted by Gasteiger charge is 2.14. The molecule has 0 aliphatic heterocycles. The first-order chi connectivity index (χ1) is 14.0. The van der Waals surface area contributed by atoms with E-state index >= 15 is 0 Å². The molecule has 0 saturated carbocycles. The van der Waals surface area contributed by atoms with E-state index < -0.39 is 0 Å². The number of aryl methyl sites for hydroxylation is 1. The van der Waals surface area contributed by atoms with Gasteiger partial charge in [0.25, 0.3) is 5.91 Å². The summed E-state index contributed by atoms with van der Waals surface area (Å²) in [7, 11) is 0. The third-order valence-electron chi connectivity index (χ3n) is 4.50. The number of carbonyl (C=O) groups excluding carboxylic acids is 1. The molecule has 0 bridgehead atoms. The van der Waals surface area contributed by atoms with Crippen LogP contribution in [0.25, 0.3) is 22.7 Å². The molecule has 0 aliphatic rings. The minimum absolute atomic E-state index is 0.114. The molecule has 2 aromatic carbocycles. The highest BCUT2D eigenvalue weighted by Crippen LogP contribution is 2.30. The lowest BCUT2D eigenvalue weighted by atomic mass is 10.1. The maximum absolute atomic E-state index is 12.4. The van der Waals surface area contributed by atoms with Crippen LogP contribution in [0.5, 0.6) is 5.75 Å². The van der Waals surface area contributed by atoms with Crippen LogP contribution in [-0.4, -0.2) is 22.5 Å². The Kier molecular flexibility index (Phi) is 5.18. The standard InChI is InChI=1S/C22H18ClN3O3/c1-13-11-15(8-9-17(13)23)28-12-20(27)25-18-6-3-5-16(14(18)2)22-26-21-19(29-22)7-4-10-24-21/h3-11H,12H2,1-2H3,(H,25,27). The van der Waals surface area contributed by atoms with Crippen LogP contribution in [0.2, 0.25) is 5.02 Å². The summed E-state index contributed by atoms with van der Waals surface area (Å²) in [6.07, 6.45) is 1.67. The first-order valence-corrected chi connectivity index (χ1v) is 9.39. The lowest BCUT2D eigenvalue weighted by Crippen LogP contribution is -2.20. The van der Waals surface area contributed by atoms with E-state index in [0.29, 0.717) is 33.6 Å². The molecule has 0 unspecified atom stereocenters. The first kappa shape index (κ1) is 19.0. The Morgan fingerprint density at radius 3 is 2.83 bits per heavy atom. The molecule has 0 saturated heterocycles. The molecule has 2 aromatic heterocycles. The van der Waals surface area contributed by atoms with Gasteiger partial charge in [-0.2, -0.15) is 4.98 Å². The third-order valence-corrected chi connectivity index (χ3v) is 4.93. The van der Waals surface area contributed by atoms with Gasteiger partial charge in [0.1, 0.15) is 5.75 Å². The number of hydrogen-bond donors (Lipinski definition) is 1. The van der Waals surface area contributed by atoms with Crippen molar-refractivity contribution in [1.82, 2.24) is 9.97 Å². The van der Waals surface area contributed by atoms with E-state index in [1.54, 1.807) is 30.5 Å². The smallest absolute Gasteiger partial charge is 0.262 e. The number of benzene rings is 2. The van der Waals surface area contributed by atoms with Gasteiger partial charge >= 0.3 is 0 Å². The Labute approximate surface area is 172 Å². The van der Waals surface area contributed by atoms with E-state index in [0.717, 1.165) is 16.7 Å². The molecule has 4 aromatic rings. The highest BCUT2D eigenvalue weighted by molar-refractivity contribution is 6.31. The van der Waals surface area contributed by atoms with Crippen molar-refractivity contribution in [3.8, 4) is 17.2 Å². The van der Waals surface area contributed by atoms with Gasteiger partial charge in [0.05, 0.1) is 0 Å². The van der Waals surface area contributed by atoms with Crippen LogP contribution in [0.15, 0.2) is 59.1 Å². The van der Waals surface area contributed by atoms with Crippen molar-refractivity contribution in [3.63, 3.8) is 0 Å². The molecule has 1 N–H and O–H groups in total. The maximum atomic E-state index is 12.4. The summed E-state index contributed by atoms with van der Waals surface area (Å²) < 4.78 is 11.4. The van der Waals surface area contributed by atoms with Crippen molar-refractivity contribution in [2.24, 2.45) is 0 Å². The molecule has 0 radical (unpaired) electrons. The van der Waals surface area contributed by atoms with Gasteiger partial charge in [0.2, 0.25) is 5.89 Å². The first-order valence-electron chi connectivity index (χ1n) is 9.01. The quantitative estimate of drug-likeness (QED) is 0.493. The minimum Gasteiger partial charge on any atom is -0.484 e. The topological polar surface area (TPSA) is 77.2 Å². The number of halogens is 1. The molecular formula is C22H18ClN3O3. The maximum Gasteiger partial charge on any atom is 0.262 e. The van der Waals surface area contributed by atoms with Crippen LogP contribution in [0.3, 0.4) is 0 Å². The molecule has 7 heteroatoms. The normalized spacial score (nSPS) is 10.9. The summed E-state index contributed by atoms with van der Waals surface area (Å²) >= 11 is 6.01. The summed E-state index contributed by atoms with van der Waals surface area (Å²) in [4.78, 5) is 21.0. The number of hydrogen-bond acceptors (Lipinski definition) is 5. The lowest BCUT2D eigenvalue weighted by molar-refractivity contribution is -0.118. The Balaban J connectivity index is 1.49. The number of anilines is 1. The summed E-state index contributed by atoms with van der Waals surface area (Å²) in [5, 5.41) is 3.53. The van der Waals surface area contributed by atoms with Crippen LogP contribution >= 0.6 is 11.6 Å². The van der Waals surface area contributed by atoms with Gasteiger partial charge in [0, 0.05) is 22.5 Å². The number of amides is 1. The van der Waals surface area contributed by atoms with Gasteiger partial charge in [-0.05, 0) is 67.4 Å². The zero-order chi connectivity index (χ0) is 20.4. The number of nitrogens with one attached hydrogen (secondary N) is 1. The monoisotopic (exact) mass is 407 g/mol. The molecule has 0 fully saturated rings. The fraction of sp³-hybridized carbons (Fsp3) is 0.136. The molecule has 0 aliphatic carbocycles. The number of pyridine rings is 1. The van der Waals surface area contributed by atoms with Gasteiger partial charge in [-0.1, -0.05) is 17.7 Å². The molecule has 4 rings (SSSR count). The molecule has 2 heterocycles. The Bertz CT molecular complexity index is 1170. The molecule has 0 spiro atoms. The van der Waals surface area contributed by atoms with E-state index in [1.807, 2.05) is 38.1 Å². The van der Waals surface area contributed by atoms with Crippen LogP contribution in [0, 0.1) is 13.8 Å². The average molecular weight is 408 g/mol. The van der Waals surface area contributed by atoms with Crippen LogP contribution in [0.1, 0.15) is 11.1 Å². The second-order valence-electron chi connectivity index (χ2n) is 6.57. The number of aromatic nitrogens is 2. The molecule has 6 nitrogen and oxygen atoms in total. The molecule has 146 valence electrons. The van der Waals surface area contributed by atoms with E-state index in [2.05, 4.69) is 15.3 Å². The lowest BCUT2D eigenvalue weighted by Gasteiger charge is -2.12. The number of rotatable bonds is 5. The van der Waals surface area contributed by atoms with E-state index in [-0.39, 0.29) is 12.5 Å². The SMILES string of the molecule is Cc1cc(OCC(=O)Nc2cccc(-c3nc4ncccc4o3)c2C)ccc1Cl.